The number of hydrogen-bond acceptors (Lipinski definition) is 2. The molecule has 0 fully saturated rings. The Morgan fingerprint density at radius 3 is 2.21 bits per heavy atom. The largest absolute Gasteiger partial charge is 0.416 e. The van der Waals surface area contributed by atoms with Crippen LogP contribution in [0.25, 0.3) is 0 Å². The summed E-state index contributed by atoms with van der Waals surface area (Å²) in [5, 5.41) is 2.70. The van der Waals surface area contributed by atoms with E-state index in [0.29, 0.717) is 6.54 Å². The predicted octanol–water partition coefficient (Wildman–Crippen LogP) is 2.42. The fourth-order valence-corrected chi connectivity index (χ4v) is 1.45. The predicted molar refractivity (Wildman–Crippen MR) is 66.6 cm³/mol. The molecule has 0 aromatic heterocycles. The average Bonchev–Trinajstić information content (AvgIpc) is 2.36. The van der Waals surface area contributed by atoms with Crippen molar-refractivity contribution in [1.29, 1.82) is 0 Å². The van der Waals surface area contributed by atoms with Crippen LogP contribution < -0.4 is 11.1 Å². The summed E-state index contributed by atoms with van der Waals surface area (Å²) >= 11 is 0. The van der Waals surface area contributed by atoms with Gasteiger partial charge in [0, 0.05) is 11.6 Å². The van der Waals surface area contributed by atoms with Gasteiger partial charge in [-0.1, -0.05) is 6.92 Å². The van der Waals surface area contributed by atoms with Crippen LogP contribution in [0, 0.1) is 5.92 Å². The average molecular weight is 274 g/mol. The number of amides is 1. The number of halogens is 3. The molecule has 6 heteroatoms. The molecule has 3 nitrogen and oxygen atoms in total. The first kappa shape index (κ1) is 15.5. The molecule has 0 aliphatic carbocycles. The summed E-state index contributed by atoms with van der Waals surface area (Å²) in [4.78, 5) is 11.8. The molecule has 0 radical (unpaired) electrons. The molecule has 0 bridgehead atoms. The van der Waals surface area contributed by atoms with E-state index in [4.69, 9.17) is 5.73 Å². The van der Waals surface area contributed by atoms with Crippen LogP contribution in [0.3, 0.4) is 0 Å². The highest BCUT2D eigenvalue weighted by molar-refractivity contribution is 5.94. The minimum atomic E-state index is -4.39. The Morgan fingerprint density at radius 1 is 1.26 bits per heavy atom. The molecule has 0 heterocycles. The Balaban J connectivity index is 2.74. The SMILES string of the molecule is CC(CN)C(C)NC(=O)c1ccc(C(F)(F)F)cc1. The summed E-state index contributed by atoms with van der Waals surface area (Å²) in [5.41, 5.74) is 4.91. The van der Waals surface area contributed by atoms with E-state index in [1.54, 1.807) is 6.92 Å². The molecule has 0 aliphatic heterocycles. The van der Waals surface area contributed by atoms with E-state index in [9.17, 15) is 18.0 Å². The number of nitrogens with one attached hydrogen (secondary N) is 1. The first-order valence-corrected chi connectivity index (χ1v) is 5.94. The van der Waals surface area contributed by atoms with Gasteiger partial charge in [0.1, 0.15) is 0 Å². The van der Waals surface area contributed by atoms with E-state index >= 15 is 0 Å². The third-order valence-corrected chi connectivity index (χ3v) is 3.06. The molecule has 2 unspecified atom stereocenters. The van der Waals surface area contributed by atoms with Gasteiger partial charge in [0.2, 0.25) is 0 Å². The molecule has 3 N–H and O–H groups in total. The number of rotatable bonds is 4. The van der Waals surface area contributed by atoms with Gasteiger partial charge >= 0.3 is 6.18 Å². The lowest BCUT2D eigenvalue weighted by atomic mass is 10.0. The van der Waals surface area contributed by atoms with Gasteiger partial charge in [0.05, 0.1) is 5.56 Å². The van der Waals surface area contributed by atoms with E-state index in [1.807, 2.05) is 6.92 Å². The Hall–Kier alpha value is -1.56. The summed E-state index contributed by atoms with van der Waals surface area (Å²) in [6, 6.07) is 3.98. The quantitative estimate of drug-likeness (QED) is 0.886. The summed E-state index contributed by atoms with van der Waals surface area (Å²) in [6.07, 6.45) is -4.39. The van der Waals surface area contributed by atoms with Crippen molar-refractivity contribution in [2.75, 3.05) is 6.54 Å². The number of carbonyl (C=O) groups excluding carboxylic acids is 1. The van der Waals surface area contributed by atoms with Crippen molar-refractivity contribution in [3.05, 3.63) is 35.4 Å². The monoisotopic (exact) mass is 274 g/mol. The Bertz CT molecular complexity index is 429. The lowest BCUT2D eigenvalue weighted by Gasteiger charge is -2.19. The molecule has 106 valence electrons. The molecule has 0 aliphatic rings. The zero-order valence-electron chi connectivity index (χ0n) is 10.8. The molecule has 1 aromatic carbocycles. The first-order chi connectivity index (χ1) is 8.75. The van der Waals surface area contributed by atoms with E-state index in [0.717, 1.165) is 24.3 Å². The number of carbonyl (C=O) groups is 1. The van der Waals surface area contributed by atoms with E-state index in [-0.39, 0.29) is 17.5 Å². The highest BCUT2D eigenvalue weighted by Crippen LogP contribution is 2.29. The van der Waals surface area contributed by atoms with Crippen molar-refractivity contribution in [1.82, 2.24) is 5.32 Å². The molecule has 1 amide bonds. The van der Waals surface area contributed by atoms with Crippen LogP contribution in [0.4, 0.5) is 13.2 Å². The van der Waals surface area contributed by atoms with Crippen molar-refractivity contribution in [2.24, 2.45) is 11.7 Å². The Kier molecular flexibility index (Phi) is 4.94. The van der Waals surface area contributed by atoms with Crippen LogP contribution in [0.15, 0.2) is 24.3 Å². The molecule has 0 saturated heterocycles. The second-order valence-corrected chi connectivity index (χ2v) is 4.55. The van der Waals surface area contributed by atoms with E-state index in [2.05, 4.69) is 5.32 Å². The first-order valence-electron chi connectivity index (χ1n) is 5.94. The highest BCUT2D eigenvalue weighted by Gasteiger charge is 2.30. The number of nitrogens with two attached hydrogens (primary N) is 1. The smallest absolute Gasteiger partial charge is 0.349 e. The molecule has 1 aromatic rings. The van der Waals surface area contributed by atoms with Gasteiger partial charge in [0.15, 0.2) is 0 Å². The lowest BCUT2D eigenvalue weighted by Crippen LogP contribution is -2.39. The van der Waals surface area contributed by atoms with Crippen LogP contribution in [0.1, 0.15) is 29.8 Å². The molecular formula is C13H17F3N2O. The fraction of sp³-hybridized carbons (Fsp3) is 0.462. The number of hydrogen-bond donors (Lipinski definition) is 2. The van der Waals surface area contributed by atoms with Gasteiger partial charge in [-0.05, 0) is 43.7 Å². The van der Waals surface area contributed by atoms with Gasteiger partial charge in [0.25, 0.3) is 5.91 Å². The zero-order valence-corrected chi connectivity index (χ0v) is 10.8. The van der Waals surface area contributed by atoms with Gasteiger partial charge in [-0.3, -0.25) is 4.79 Å². The summed E-state index contributed by atoms with van der Waals surface area (Å²) in [7, 11) is 0. The van der Waals surface area contributed by atoms with Crippen molar-refractivity contribution in [2.45, 2.75) is 26.1 Å². The van der Waals surface area contributed by atoms with Gasteiger partial charge in [-0.25, -0.2) is 0 Å². The van der Waals surface area contributed by atoms with E-state index < -0.39 is 17.6 Å². The van der Waals surface area contributed by atoms with Crippen molar-refractivity contribution >= 4 is 5.91 Å². The topological polar surface area (TPSA) is 55.1 Å². The van der Waals surface area contributed by atoms with Gasteiger partial charge in [-0.2, -0.15) is 13.2 Å². The number of alkyl halides is 3. The molecular weight excluding hydrogens is 257 g/mol. The lowest BCUT2D eigenvalue weighted by molar-refractivity contribution is -0.137. The van der Waals surface area contributed by atoms with Crippen molar-refractivity contribution in [3.63, 3.8) is 0 Å². The zero-order chi connectivity index (χ0) is 14.6. The van der Waals surface area contributed by atoms with Crippen LogP contribution in [-0.4, -0.2) is 18.5 Å². The second kappa shape index (κ2) is 6.06. The van der Waals surface area contributed by atoms with Crippen LogP contribution >= 0.6 is 0 Å². The number of benzene rings is 1. The van der Waals surface area contributed by atoms with Crippen molar-refractivity contribution in [3.8, 4) is 0 Å². The minimum absolute atomic E-state index is 0.0957. The van der Waals surface area contributed by atoms with Crippen LogP contribution in [0.2, 0.25) is 0 Å². The summed E-state index contributed by atoms with van der Waals surface area (Å²) < 4.78 is 37.1. The molecule has 0 saturated carbocycles. The molecule has 2 atom stereocenters. The third kappa shape index (κ3) is 4.24. The van der Waals surface area contributed by atoms with Crippen molar-refractivity contribution < 1.29 is 18.0 Å². The third-order valence-electron chi connectivity index (χ3n) is 3.06. The highest BCUT2D eigenvalue weighted by atomic mass is 19.4. The standard InChI is InChI=1S/C13H17F3N2O/c1-8(7-17)9(2)18-12(19)10-3-5-11(6-4-10)13(14,15)16/h3-6,8-9H,7,17H2,1-2H3,(H,18,19). The second-order valence-electron chi connectivity index (χ2n) is 4.55. The maximum absolute atomic E-state index is 12.4. The Morgan fingerprint density at radius 2 is 1.79 bits per heavy atom. The summed E-state index contributed by atoms with van der Waals surface area (Å²) in [5.74, 6) is -0.306. The van der Waals surface area contributed by atoms with E-state index in [1.165, 1.54) is 0 Å². The molecule has 1 rings (SSSR count). The normalized spacial score (nSPS) is 14.8. The fourth-order valence-electron chi connectivity index (χ4n) is 1.45. The summed E-state index contributed by atoms with van der Waals surface area (Å²) in [6.45, 7) is 4.12. The maximum Gasteiger partial charge on any atom is 0.416 e. The van der Waals surface area contributed by atoms with Gasteiger partial charge < -0.3 is 11.1 Å². The maximum atomic E-state index is 12.4. The molecule has 19 heavy (non-hydrogen) atoms. The molecule has 0 spiro atoms. The van der Waals surface area contributed by atoms with Crippen LogP contribution in [0.5, 0.6) is 0 Å². The Labute approximate surface area is 110 Å². The minimum Gasteiger partial charge on any atom is -0.349 e. The van der Waals surface area contributed by atoms with Crippen LogP contribution in [-0.2, 0) is 6.18 Å². The van der Waals surface area contributed by atoms with Gasteiger partial charge in [-0.15, -0.1) is 0 Å².